The van der Waals surface area contributed by atoms with Crippen molar-refractivity contribution in [1.82, 2.24) is 15.3 Å². The Bertz CT molecular complexity index is 1130. The molecule has 0 atom stereocenters. The number of rotatable bonds is 8. The van der Waals surface area contributed by atoms with E-state index in [9.17, 15) is 22.8 Å². The summed E-state index contributed by atoms with van der Waals surface area (Å²) < 4.78 is 43.0. The third-order valence-corrected chi connectivity index (χ3v) is 4.72. The summed E-state index contributed by atoms with van der Waals surface area (Å²) >= 11 is 0. The molecule has 0 aliphatic carbocycles. The molecule has 0 bridgehead atoms. The van der Waals surface area contributed by atoms with E-state index >= 15 is 0 Å². The number of carboxylic acids is 1. The molecule has 0 fully saturated rings. The lowest BCUT2D eigenvalue weighted by atomic mass is 10.00. The van der Waals surface area contributed by atoms with Crippen LogP contribution in [-0.4, -0.2) is 27.0 Å². The van der Waals surface area contributed by atoms with Crippen LogP contribution in [0.3, 0.4) is 0 Å². The second kappa shape index (κ2) is 9.59. The number of alkyl halides is 2. The van der Waals surface area contributed by atoms with E-state index < -0.39 is 30.0 Å². The molecular formula is C23H20F3N3O3. The molecule has 2 N–H and O–H groups in total. The summed E-state index contributed by atoms with van der Waals surface area (Å²) in [6.07, 6.45) is 0.653. The van der Waals surface area contributed by atoms with Crippen molar-refractivity contribution in [2.75, 3.05) is 0 Å². The molecule has 0 aliphatic heterocycles. The molecule has 0 radical (unpaired) electrons. The Balaban J connectivity index is 1.69. The predicted octanol–water partition coefficient (Wildman–Crippen LogP) is 4.28. The average molecular weight is 443 g/mol. The van der Waals surface area contributed by atoms with E-state index in [0.717, 1.165) is 6.07 Å². The molecule has 32 heavy (non-hydrogen) atoms. The van der Waals surface area contributed by atoms with Crippen LogP contribution in [-0.2, 0) is 18.9 Å². The molecule has 9 heteroatoms. The quantitative estimate of drug-likeness (QED) is 0.542. The standard InChI is InChI=1S/C23H20F3N3O3/c1-14-9-17(23(25,26)8-7-15-5-6-19(22(31)32)27-12-15)11-20(29-14)21(30)28-13-16-3-2-4-18(24)10-16/h2-6,9-12H,7-8,13H2,1H3,(H,28,30)(H,31,32). The number of amides is 1. The Kier molecular flexibility index (Phi) is 6.87. The zero-order valence-electron chi connectivity index (χ0n) is 17.1. The van der Waals surface area contributed by atoms with Crippen LogP contribution >= 0.6 is 0 Å². The second-order valence-electron chi connectivity index (χ2n) is 7.26. The van der Waals surface area contributed by atoms with Gasteiger partial charge in [0.15, 0.2) is 0 Å². The van der Waals surface area contributed by atoms with Gasteiger partial charge in [0.05, 0.1) is 0 Å². The Labute approximate surface area is 182 Å². The van der Waals surface area contributed by atoms with E-state index in [1.54, 1.807) is 6.07 Å². The first-order chi connectivity index (χ1) is 15.1. The molecule has 3 rings (SSSR count). The van der Waals surface area contributed by atoms with Gasteiger partial charge >= 0.3 is 5.97 Å². The first-order valence-electron chi connectivity index (χ1n) is 9.72. The molecule has 2 aromatic heterocycles. The van der Waals surface area contributed by atoms with Crippen LogP contribution in [0, 0.1) is 12.7 Å². The van der Waals surface area contributed by atoms with E-state index in [1.165, 1.54) is 49.5 Å². The molecule has 0 saturated carbocycles. The van der Waals surface area contributed by atoms with Gasteiger partial charge in [0.25, 0.3) is 11.8 Å². The van der Waals surface area contributed by atoms with E-state index in [4.69, 9.17) is 5.11 Å². The van der Waals surface area contributed by atoms with Crippen molar-refractivity contribution >= 4 is 11.9 Å². The van der Waals surface area contributed by atoms with E-state index in [1.807, 2.05) is 0 Å². The fourth-order valence-corrected chi connectivity index (χ4v) is 3.06. The lowest BCUT2D eigenvalue weighted by Crippen LogP contribution is -2.25. The summed E-state index contributed by atoms with van der Waals surface area (Å²) in [5.41, 5.74) is 0.567. The summed E-state index contributed by atoms with van der Waals surface area (Å²) in [6, 6.07) is 10.6. The van der Waals surface area contributed by atoms with E-state index in [2.05, 4.69) is 15.3 Å². The van der Waals surface area contributed by atoms with Crippen LogP contribution in [0.4, 0.5) is 13.2 Å². The fourth-order valence-electron chi connectivity index (χ4n) is 3.06. The minimum absolute atomic E-state index is 0.0251. The molecular weight excluding hydrogens is 423 g/mol. The van der Waals surface area contributed by atoms with Gasteiger partial charge in [-0.05, 0) is 54.8 Å². The average Bonchev–Trinajstić information content (AvgIpc) is 2.76. The van der Waals surface area contributed by atoms with E-state index in [-0.39, 0.29) is 35.6 Å². The number of carboxylic acid groups (broad SMARTS) is 1. The molecule has 0 saturated heterocycles. The maximum Gasteiger partial charge on any atom is 0.354 e. The van der Waals surface area contributed by atoms with Crippen LogP contribution in [0.5, 0.6) is 0 Å². The monoisotopic (exact) mass is 443 g/mol. The Morgan fingerprint density at radius 2 is 1.84 bits per heavy atom. The second-order valence-corrected chi connectivity index (χ2v) is 7.26. The van der Waals surface area contributed by atoms with Crippen LogP contribution in [0.15, 0.2) is 54.7 Å². The zero-order valence-corrected chi connectivity index (χ0v) is 17.1. The highest BCUT2D eigenvalue weighted by Crippen LogP contribution is 2.33. The van der Waals surface area contributed by atoms with Gasteiger partial charge in [0.1, 0.15) is 17.2 Å². The molecule has 0 aliphatic rings. The van der Waals surface area contributed by atoms with Gasteiger partial charge < -0.3 is 10.4 Å². The molecule has 0 spiro atoms. The minimum atomic E-state index is -3.25. The van der Waals surface area contributed by atoms with Crippen molar-refractivity contribution in [3.8, 4) is 0 Å². The van der Waals surface area contributed by atoms with Gasteiger partial charge in [-0.15, -0.1) is 0 Å². The topological polar surface area (TPSA) is 92.2 Å². The molecule has 0 unspecified atom stereocenters. The van der Waals surface area contributed by atoms with Crippen molar-refractivity contribution in [2.24, 2.45) is 0 Å². The Morgan fingerprint density at radius 1 is 1.06 bits per heavy atom. The van der Waals surface area contributed by atoms with Crippen molar-refractivity contribution < 1.29 is 27.9 Å². The van der Waals surface area contributed by atoms with Gasteiger partial charge in [-0.1, -0.05) is 18.2 Å². The van der Waals surface area contributed by atoms with Crippen molar-refractivity contribution in [3.63, 3.8) is 0 Å². The molecule has 6 nitrogen and oxygen atoms in total. The lowest BCUT2D eigenvalue weighted by molar-refractivity contribution is -0.0132. The van der Waals surface area contributed by atoms with Gasteiger partial charge in [0.2, 0.25) is 0 Å². The number of aromatic carboxylic acids is 1. The number of aryl methyl sites for hydroxylation is 2. The lowest BCUT2D eigenvalue weighted by Gasteiger charge is -2.18. The van der Waals surface area contributed by atoms with Gasteiger partial charge in [-0.2, -0.15) is 0 Å². The number of halogens is 3. The summed E-state index contributed by atoms with van der Waals surface area (Å²) in [5.74, 6) is -5.54. The number of aromatic nitrogens is 2. The summed E-state index contributed by atoms with van der Waals surface area (Å²) in [6.45, 7) is 1.54. The van der Waals surface area contributed by atoms with Crippen molar-refractivity contribution in [2.45, 2.75) is 32.2 Å². The molecule has 2 heterocycles. The van der Waals surface area contributed by atoms with Crippen LogP contribution in [0.1, 0.15) is 49.8 Å². The van der Waals surface area contributed by atoms with Gasteiger partial charge in [-0.25, -0.2) is 27.9 Å². The molecule has 1 aromatic carbocycles. The van der Waals surface area contributed by atoms with Gasteiger partial charge in [0, 0.05) is 30.4 Å². The largest absolute Gasteiger partial charge is 0.477 e. The molecule has 3 aromatic rings. The maximum absolute atomic E-state index is 14.9. The van der Waals surface area contributed by atoms with Crippen LogP contribution in [0.25, 0.3) is 0 Å². The highest BCUT2D eigenvalue weighted by molar-refractivity contribution is 5.92. The third kappa shape index (κ3) is 5.90. The Hall–Kier alpha value is -3.75. The number of pyridine rings is 2. The maximum atomic E-state index is 14.9. The molecule has 1 amide bonds. The van der Waals surface area contributed by atoms with Gasteiger partial charge in [-0.3, -0.25) is 4.79 Å². The number of nitrogens with one attached hydrogen (secondary N) is 1. The Morgan fingerprint density at radius 3 is 2.50 bits per heavy atom. The fraction of sp³-hybridized carbons (Fsp3) is 0.217. The number of carbonyl (C=O) groups excluding carboxylic acids is 1. The highest BCUT2D eigenvalue weighted by Gasteiger charge is 2.32. The summed E-state index contributed by atoms with van der Waals surface area (Å²) in [4.78, 5) is 31.0. The van der Waals surface area contributed by atoms with Crippen molar-refractivity contribution in [3.05, 3.63) is 94.3 Å². The number of nitrogens with zero attached hydrogens (tertiary/aromatic N) is 2. The highest BCUT2D eigenvalue weighted by atomic mass is 19.3. The third-order valence-electron chi connectivity index (χ3n) is 4.72. The SMILES string of the molecule is Cc1cc(C(F)(F)CCc2ccc(C(=O)O)nc2)cc(C(=O)NCc2cccc(F)c2)n1. The predicted molar refractivity (Wildman–Crippen MR) is 110 cm³/mol. The van der Waals surface area contributed by atoms with Crippen molar-refractivity contribution in [1.29, 1.82) is 0 Å². The summed E-state index contributed by atoms with van der Waals surface area (Å²) in [7, 11) is 0. The van der Waals surface area contributed by atoms with E-state index in [0.29, 0.717) is 11.1 Å². The smallest absolute Gasteiger partial charge is 0.354 e. The normalized spacial score (nSPS) is 11.2. The first kappa shape index (κ1) is 22.9. The number of benzene rings is 1. The summed E-state index contributed by atoms with van der Waals surface area (Å²) in [5, 5.41) is 11.4. The number of hydrogen-bond donors (Lipinski definition) is 2. The van der Waals surface area contributed by atoms with Crippen LogP contribution < -0.4 is 5.32 Å². The molecule has 166 valence electrons. The minimum Gasteiger partial charge on any atom is -0.477 e. The first-order valence-corrected chi connectivity index (χ1v) is 9.72. The zero-order chi connectivity index (χ0) is 23.3. The van der Waals surface area contributed by atoms with Crippen LogP contribution in [0.2, 0.25) is 0 Å². The number of hydrogen-bond acceptors (Lipinski definition) is 4. The number of carbonyl (C=O) groups is 2.